The second kappa shape index (κ2) is 8.54. The third-order valence-corrected chi connectivity index (χ3v) is 5.25. The number of nitrogens with one attached hydrogen (secondary N) is 2. The maximum absolute atomic E-state index is 12.3. The topological polar surface area (TPSA) is 102 Å². The van der Waals surface area contributed by atoms with Gasteiger partial charge in [-0.25, -0.2) is 4.68 Å². The molecule has 1 aromatic carbocycles. The molecular weight excluding hydrogens is 364 g/mol. The van der Waals surface area contributed by atoms with E-state index in [2.05, 4.69) is 40.2 Å². The van der Waals surface area contributed by atoms with Crippen molar-refractivity contribution < 1.29 is 9.59 Å². The Balaban J connectivity index is 1.61. The van der Waals surface area contributed by atoms with Gasteiger partial charge in [0, 0.05) is 10.4 Å². The van der Waals surface area contributed by atoms with E-state index in [9.17, 15) is 9.59 Å². The second-order valence-corrected chi connectivity index (χ2v) is 7.01. The lowest BCUT2D eigenvalue weighted by atomic mass is 10.1. The van der Waals surface area contributed by atoms with Crippen LogP contribution < -0.4 is 10.9 Å². The maximum atomic E-state index is 12.3. The summed E-state index contributed by atoms with van der Waals surface area (Å²) in [6.45, 7) is 4.19. The molecule has 0 bridgehead atoms. The molecule has 0 saturated heterocycles. The minimum atomic E-state index is -0.396. The first-order valence-electron chi connectivity index (χ1n) is 8.68. The molecule has 0 aliphatic carbocycles. The predicted octanol–water partition coefficient (Wildman–Crippen LogP) is 2.31. The average molecular weight is 384 g/mol. The normalized spacial score (nSPS) is 10.6. The third-order valence-electron chi connectivity index (χ3n) is 4.01. The van der Waals surface area contributed by atoms with Gasteiger partial charge in [-0.05, 0) is 59.2 Å². The van der Waals surface area contributed by atoms with Crippen LogP contribution in [0.25, 0.3) is 5.69 Å². The number of tetrazole rings is 1. The molecule has 0 unspecified atom stereocenters. The Morgan fingerprint density at radius 3 is 2.48 bits per heavy atom. The van der Waals surface area contributed by atoms with Crippen LogP contribution in [0.15, 0.2) is 36.7 Å². The molecule has 0 fully saturated rings. The Hall–Kier alpha value is -3.07. The van der Waals surface area contributed by atoms with Crippen molar-refractivity contribution in [3.05, 3.63) is 57.5 Å². The van der Waals surface area contributed by atoms with Crippen LogP contribution in [0.4, 0.5) is 0 Å². The Morgan fingerprint density at radius 2 is 1.85 bits per heavy atom. The van der Waals surface area contributed by atoms with Crippen molar-refractivity contribution in [3.8, 4) is 5.69 Å². The van der Waals surface area contributed by atoms with Crippen LogP contribution in [-0.2, 0) is 12.8 Å². The van der Waals surface area contributed by atoms with E-state index in [-0.39, 0.29) is 5.91 Å². The minimum Gasteiger partial charge on any atom is -0.267 e. The Labute approximate surface area is 160 Å². The summed E-state index contributed by atoms with van der Waals surface area (Å²) in [7, 11) is 0. The first-order valence-corrected chi connectivity index (χ1v) is 9.49. The lowest BCUT2D eigenvalue weighted by Gasteiger charge is -2.07. The van der Waals surface area contributed by atoms with Crippen molar-refractivity contribution >= 4 is 23.2 Å². The molecule has 0 spiro atoms. The van der Waals surface area contributed by atoms with E-state index in [4.69, 9.17) is 0 Å². The van der Waals surface area contributed by atoms with Gasteiger partial charge in [0.2, 0.25) is 0 Å². The summed E-state index contributed by atoms with van der Waals surface area (Å²) in [5.41, 5.74) is 7.27. The van der Waals surface area contributed by atoms with Gasteiger partial charge < -0.3 is 0 Å². The lowest BCUT2D eigenvalue weighted by molar-refractivity contribution is 0.0849. The van der Waals surface area contributed by atoms with Crippen molar-refractivity contribution in [3.63, 3.8) is 0 Å². The fourth-order valence-corrected chi connectivity index (χ4v) is 3.86. The second-order valence-electron chi connectivity index (χ2n) is 5.87. The summed E-state index contributed by atoms with van der Waals surface area (Å²) in [4.78, 5) is 26.4. The number of hydrogen-bond donors (Lipinski definition) is 2. The lowest BCUT2D eigenvalue weighted by Crippen LogP contribution is -2.41. The van der Waals surface area contributed by atoms with Crippen molar-refractivity contribution in [1.82, 2.24) is 31.1 Å². The van der Waals surface area contributed by atoms with E-state index in [1.165, 1.54) is 32.8 Å². The Kier molecular flexibility index (Phi) is 5.92. The average Bonchev–Trinajstić information content (AvgIpc) is 3.36. The molecule has 0 aliphatic rings. The summed E-state index contributed by atoms with van der Waals surface area (Å²) >= 11 is 1.48. The van der Waals surface area contributed by atoms with E-state index in [0.29, 0.717) is 10.4 Å². The summed E-state index contributed by atoms with van der Waals surface area (Å²) in [5.74, 6) is -0.705. The van der Waals surface area contributed by atoms with Crippen molar-refractivity contribution in [2.75, 3.05) is 0 Å². The third kappa shape index (κ3) is 4.37. The van der Waals surface area contributed by atoms with Gasteiger partial charge in [0.05, 0.1) is 10.6 Å². The first-order chi connectivity index (χ1) is 13.1. The molecule has 140 valence electrons. The van der Waals surface area contributed by atoms with Crippen molar-refractivity contribution in [2.45, 2.75) is 33.1 Å². The van der Waals surface area contributed by atoms with E-state index in [1.54, 1.807) is 24.3 Å². The number of aromatic nitrogens is 4. The van der Waals surface area contributed by atoms with E-state index in [1.807, 2.05) is 6.07 Å². The van der Waals surface area contributed by atoms with Crippen LogP contribution in [0.3, 0.4) is 0 Å². The molecule has 9 heteroatoms. The molecule has 3 aromatic rings. The maximum Gasteiger partial charge on any atom is 0.279 e. The van der Waals surface area contributed by atoms with E-state index < -0.39 is 5.91 Å². The highest BCUT2D eigenvalue weighted by atomic mass is 32.1. The zero-order valence-corrected chi connectivity index (χ0v) is 15.9. The Morgan fingerprint density at radius 1 is 1.11 bits per heavy atom. The van der Waals surface area contributed by atoms with Crippen LogP contribution in [-0.4, -0.2) is 32.0 Å². The Bertz CT molecular complexity index is 918. The zero-order valence-electron chi connectivity index (χ0n) is 15.1. The summed E-state index contributed by atoms with van der Waals surface area (Å²) in [5, 5.41) is 10.9. The molecule has 27 heavy (non-hydrogen) atoms. The van der Waals surface area contributed by atoms with Gasteiger partial charge in [0.15, 0.2) is 0 Å². The van der Waals surface area contributed by atoms with Crippen molar-refractivity contribution in [2.24, 2.45) is 0 Å². The number of hydrazine groups is 1. The fraction of sp³-hybridized carbons (Fsp3) is 0.278. The van der Waals surface area contributed by atoms with Crippen LogP contribution in [0.1, 0.15) is 50.7 Å². The molecule has 2 amide bonds. The standard InChI is InChI=1S/C18H20N6O2S/c1-3-5-15-12(4-2)10-16(27-15)18(26)21-20-17(25)13-6-8-14(9-7-13)24-11-19-22-23-24/h6-11H,3-5H2,1-2H3,(H,20,25)(H,21,26). The van der Waals surface area contributed by atoms with Gasteiger partial charge in [-0.2, -0.15) is 0 Å². The van der Waals surface area contributed by atoms with E-state index >= 15 is 0 Å². The monoisotopic (exact) mass is 384 g/mol. The molecule has 2 N–H and O–H groups in total. The highest BCUT2D eigenvalue weighted by molar-refractivity contribution is 7.14. The number of carbonyl (C=O) groups excluding carboxylic acids is 2. The van der Waals surface area contributed by atoms with E-state index in [0.717, 1.165) is 24.9 Å². The first kappa shape index (κ1) is 18.7. The predicted molar refractivity (Wildman–Crippen MR) is 102 cm³/mol. The van der Waals surface area contributed by atoms with Gasteiger partial charge in [-0.15, -0.1) is 16.4 Å². The van der Waals surface area contributed by atoms with Crippen LogP contribution >= 0.6 is 11.3 Å². The van der Waals surface area contributed by atoms with Gasteiger partial charge >= 0.3 is 0 Å². The number of carbonyl (C=O) groups is 2. The highest BCUT2D eigenvalue weighted by Gasteiger charge is 2.14. The summed E-state index contributed by atoms with van der Waals surface area (Å²) < 4.78 is 1.49. The zero-order chi connectivity index (χ0) is 19.2. The molecule has 2 heterocycles. The van der Waals surface area contributed by atoms with Crippen LogP contribution in [0.5, 0.6) is 0 Å². The summed E-state index contributed by atoms with van der Waals surface area (Å²) in [6.07, 6.45) is 4.35. The number of nitrogens with zero attached hydrogens (tertiary/aromatic N) is 4. The molecule has 0 radical (unpaired) electrons. The molecule has 0 aliphatic heterocycles. The number of aryl methyl sites for hydroxylation is 2. The SMILES string of the molecule is CCCc1sc(C(=O)NNC(=O)c2ccc(-n3cnnn3)cc2)cc1CC. The number of benzene rings is 1. The molecule has 0 atom stereocenters. The molecule has 0 saturated carbocycles. The molecule has 8 nitrogen and oxygen atoms in total. The van der Waals surface area contributed by atoms with Gasteiger partial charge in [-0.3, -0.25) is 20.4 Å². The molecular formula is C18H20N6O2S. The quantitative estimate of drug-likeness (QED) is 0.635. The van der Waals surface area contributed by atoms with Crippen LogP contribution in [0.2, 0.25) is 0 Å². The van der Waals surface area contributed by atoms with Gasteiger partial charge in [0.25, 0.3) is 11.8 Å². The molecule has 3 rings (SSSR count). The van der Waals surface area contributed by atoms with Crippen molar-refractivity contribution in [1.29, 1.82) is 0 Å². The van der Waals surface area contributed by atoms with Crippen LogP contribution in [0, 0.1) is 0 Å². The molecule has 2 aromatic heterocycles. The number of hydrogen-bond acceptors (Lipinski definition) is 6. The fourth-order valence-electron chi connectivity index (χ4n) is 2.61. The van der Waals surface area contributed by atoms with Gasteiger partial charge in [0.1, 0.15) is 6.33 Å². The van der Waals surface area contributed by atoms with Gasteiger partial charge in [-0.1, -0.05) is 20.3 Å². The number of thiophene rings is 1. The number of rotatable bonds is 6. The number of amides is 2. The minimum absolute atomic E-state index is 0.310. The smallest absolute Gasteiger partial charge is 0.267 e. The largest absolute Gasteiger partial charge is 0.279 e. The highest BCUT2D eigenvalue weighted by Crippen LogP contribution is 2.24. The summed E-state index contributed by atoms with van der Waals surface area (Å²) in [6, 6.07) is 8.61.